The Hall–Kier alpha value is -1.53. The van der Waals surface area contributed by atoms with E-state index in [9.17, 15) is 0 Å². The fourth-order valence-corrected chi connectivity index (χ4v) is 2.60. The number of hydrogen-bond donors (Lipinski definition) is 0. The number of benzene rings is 1. The lowest BCUT2D eigenvalue weighted by Gasteiger charge is -2.15. The smallest absolute Gasteiger partial charge is 0.124 e. The van der Waals surface area contributed by atoms with Gasteiger partial charge >= 0.3 is 0 Å². The Kier molecular flexibility index (Phi) is 4.44. The van der Waals surface area contributed by atoms with E-state index in [0.717, 1.165) is 36.2 Å². The van der Waals surface area contributed by atoms with Crippen molar-refractivity contribution >= 4 is 22.6 Å². The number of aromatic nitrogens is 2. The number of imidazole rings is 1. The molecule has 1 aromatic carbocycles. The van der Waals surface area contributed by atoms with Gasteiger partial charge in [0.25, 0.3) is 0 Å². The Balaban J connectivity index is 2.55. The van der Waals surface area contributed by atoms with Crippen LogP contribution in [-0.2, 0) is 12.4 Å². The first-order valence-corrected chi connectivity index (χ1v) is 7.22. The Morgan fingerprint density at radius 3 is 2.68 bits per heavy atom. The summed E-state index contributed by atoms with van der Waals surface area (Å²) >= 11 is 6.00. The van der Waals surface area contributed by atoms with E-state index in [1.807, 2.05) is 12.1 Å². The van der Waals surface area contributed by atoms with Crippen LogP contribution < -0.4 is 0 Å². The molecule has 2 aromatic rings. The van der Waals surface area contributed by atoms with Crippen LogP contribution in [-0.4, -0.2) is 9.55 Å². The van der Waals surface area contributed by atoms with Gasteiger partial charge in [-0.05, 0) is 18.1 Å². The van der Waals surface area contributed by atoms with Crippen molar-refractivity contribution in [1.29, 1.82) is 5.26 Å². The second-order valence-electron chi connectivity index (χ2n) is 4.74. The maximum atomic E-state index is 9.15. The van der Waals surface area contributed by atoms with E-state index in [4.69, 9.17) is 16.9 Å². The Morgan fingerprint density at radius 2 is 2.11 bits per heavy atom. The molecule has 0 fully saturated rings. The zero-order valence-corrected chi connectivity index (χ0v) is 12.1. The summed E-state index contributed by atoms with van der Waals surface area (Å²) in [6, 6.07) is 7.92. The van der Waals surface area contributed by atoms with E-state index in [1.54, 1.807) is 6.07 Å². The molecule has 0 N–H and O–H groups in total. The molecule has 0 saturated heterocycles. The lowest BCUT2D eigenvalue weighted by molar-refractivity contribution is 0.419. The minimum atomic E-state index is 0.375. The average molecular weight is 276 g/mol. The average Bonchev–Trinajstić information content (AvgIpc) is 2.82. The van der Waals surface area contributed by atoms with Gasteiger partial charge in [-0.25, -0.2) is 4.98 Å². The molecule has 0 atom stereocenters. The molecule has 1 heterocycles. The van der Waals surface area contributed by atoms with E-state index in [-0.39, 0.29) is 0 Å². The standard InChI is InChI=1S/C15H18ClN3/c1-3-11(4-2)10-19-13-7-5-6-12(9-17)15(13)18-14(19)8-16/h5-7,11H,3-4,8,10H2,1-2H3. The normalized spacial score (nSPS) is 11.1. The summed E-state index contributed by atoms with van der Waals surface area (Å²) < 4.78 is 2.17. The maximum absolute atomic E-state index is 9.15. The summed E-state index contributed by atoms with van der Waals surface area (Å²) in [6.07, 6.45) is 2.27. The zero-order valence-electron chi connectivity index (χ0n) is 11.4. The van der Waals surface area contributed by atoms with Crippen molar-refractivity contribution in [3.8, 4) is 6.07 Å². The monoisotopic (exact) mass is 275 g/mol. The fourth-order valence-electron chi connectivity index (χ4n) is 2.40. The van der Waals surface area contributed by atoms with Crippen LogP contribution in [0.1, 0.15) is 38.1 Å². The molecule has 0 aliphatic carbocycles. The van der Waals surface area contributed by atoms with Crippen LogP contribution in [0.25, 0.3) is 11.0 Å². The molecule has 3 nitrogen and oxygen atoms in total. The largest absolute Gasteiger partial charge is 0.327 e. The maximum Gasteiger partial charge on any atom is 0.124 e. The van der Waals surface area contributed by atoms with Crippen LogP contribution in [0.2, 0.25) is 0 Å². The highest BCUT2D eigenvalue weighted by Gasteiger charge is 2.15. The molecule has 0 aliphatic heterocycles. The van der Waals surface area contributed by atoms with Crippen LogP contribution in [0.3, 0.4) is 0 Å². The van der Waals surface area contributed by atoms with Crippen LogP contribution in [0, 0.1) is 17.2 Å². The van der Waals surface area contributed by atoms with Crippen LogP contribution in [0.15, 0.2) is 18.2 Å². The molecule has 1 aromatic heterocycles. The van der Waals surface area contributed by atoms with Gasteiger partial charge < -0.3 is 4.57 Å². The van der Waals surface area contributed by atoms with Crippen molar-refractivity contribution in [1.82, 2.24) is 9.55 Å². The molecule has 0 spiro atoms. The predicted octanol–water partition coefficient (Wildman–Crippen LogP) is 4.08. The van der Waals surface area contributed by atoms with Gasteiger partial charge in [0, 0.05) is 6.54 Å². The molecule has 0 bridgehead atoms. The highest BCUT2D eigenvalue weighted by atomic mass is 35.5. The molecule has 100 valence electrons. The van der Waals surface area contributed by atoms with Gasteiger partial charge in [0.05, 0.1) is 17.0 Å². The Labute approximate surface area is 118 Å². The molecule has 0 saturated carbocycles. The quantitative estimate of drug-likeness (QED) is 0.772. The number of nitrogens with zero attached hydrogens (tertiary/aromatic N) is 3. The second kappa shape index (κ2) is 6.08. The van der Waals surface area contributed by atoms with Gasteiger partial charge in [0.15, 0.2) is 0 Å². The molecule has 0 radical (unpaired) electrons. The van der Waals surface area contributed by atoms with E-state index < -0.39 is 0 Å². The molecule has 4 heteroatoms. The van der Waals surface area contributed by atoms with E-state index in [2.05, 4.69) is 29.5 Å². The van der Waals surface area contributed by atoms with E-state index >= 15 is 0 Å². The van der Waals surface area contributed by atoms with Crippen LogP contribution in [0.4, 0.5) is 0 Å². The number of para-hydroxylation sites is 1. The van der Waals surface area contributed by atoms with Crippen molar-refractivity contribution < 1.29 is 0 Å². The van der Waals surface area contributed by atoms with Gasteiger partial charge in [-0.2, -0.15) is 5.26 Å². The summed E-state index contributed by atoms with van der Waals surface area (Å²) in [5.74, 6) is 1.84. The molecule has 0 aliphatic rings. The molecular weight excluding hydrogens is 258 g/mol. The molecule has 0 amide bonds. The first-order chi connectivity index (χ1) is 9.24. The predicted molar refractivity (Wildman–Crippen MR) is 78.1 cm³/mol. The number of hydrogen-bond acceptors (Lipinski definition) is 2. The summed E-state index contributed by atoms with van der Waals surface area (Å²) in [7, 11) is 0. The Morgan fingerprint density at radius 1 is 1.37 bits per heavy atom. The number of nitriles is 1. The summed E-state index contributed by atoms with van der Waals surface area (Å²) in [6.45, 7) is 5.32. The summed E-state index contributed by atoms with van der Waals surface area (Å²) in [5.41, 5.74) is 2.40. The Bertz CT molecular complexity index is 606. The van der Waals surface area contributed by atoms with Crippen molar-refractivity contribution in [3.63, 3.8) is 0 Å². The first-order valence-electron chi connectivity index (χ1n) is 6.69. The molecule has 19 heavy (non-hydrogen) atoms. The number of rotatable bonds is 5. The van der Waals surface area contributed by atoms with Crippen molar-refractivity contribution in [2.45, 2.75) is 39.1 Å². The van der Waals surface area contributed by atoms with E-state index in [0.29, 0.717) is 17.4 Å². The SMILES string of the molecule is CCC(CC)Cn1c(CCl)nc2c(C#N)cccc21. The molecular formula is C15H18ClN3. The molecule has 2 rings (SSSR count). The zero-order chi connectivity index (χ0) is 13.8. The number of halogens is 1. The van der Waals surface area contributed by atoms with Gasteiger partial charge in [-0.15, -0.1) is 11.6 Å². The lowest BCUT2D eigenvalue weighted by Crippen LogP contribution is -2.11. The van der Waals surface area contributed by atoms with Crippen LogP contribution in [0.5, 0.6) is 0 Å². The van der Waals surface area contributed by atoms with Gasteiger partial charge in [-0.3, -0.25) is 0 Å². The highest BCUT2D eigenvalue weighted by Crippen LogP contribution is 2.23. The van der Waals surface area contributed by atoms with Crippen molar-refractivity contribution in [2.24, 2.45) is 5.92 Å². The lowest BCUT2D eigenvalue weighted by atomic mass is 10.0. The minimum absolute atomic E-state index is 0.375. The van der Waals surface area contributed by atoms with E-state index in [1.165, 1.54) is 0 Å². The first kappa shape index (κ1) is 13.9. The number of alkyl halides is 1. The number of fused-ring (bicyclic) bond motifs is 1. The fraction of sp³-hybridized carbons (Fsp3) is 0.467. The summed E-state index contributed by atoms with van der Waals surface area (Å²) in [4.78, 5) is 4.53. The third-order valence-electron chi connectivity index (χ3n) is 3.69. The van der Waals surface area contributed by atoms with Crippen molar-refractivity contribution in [2.75, 3.05) is 0 Å². The van der Waals surface area contributed by atoms with Crippen molar-refractivity contribution in [3.05, 3.63) is 29.6 Å². The highest BCUT2D eigenvalue weighted by molar-refractivity contribution is 6.16. The topological polar surface area (TPSA) is 41.6 Å². The second-order valence-corrected chi connectivity index (χ2v) is 5.01. The van der Waals surface area contributed by atoms with Gasteiger partial charge in [-0.1, -0.05) is 32.8 Å². The summed E-state index contributed by atoms with van der Waals surface area (Å²) in [5, 5.41) is 9.15. The third-order valence-corrected chi connectivity index (χ3v) is 3.93. The van der Waals surface area contributed by atoms with Gasteiger partial charge in [0.2, 0.25) is 0 Å². The third kappa shape index (κ3) is 2.59. The van der Waals surface area contributed by atoms with Gasteiger partial charge in [0.1, 0.15) is 17.4 Å². The van der Waals surface area contributed by atoms with Crippen LogP contribution >= 0.6 is 11.6 Å². The minimum Gasteiger partial charge on any atom is -0.327 e. The molecule has 0 unspecified atom stereocenters.